The fourth-order valence-corrected chi connectivity index (χ4v) is 2.63. The number of ether oxygens (including phenoxy) is 2. The van der Waals surface area contributed by atoms with Gasteiger partial charge in [0.15, 0.2) is 5.96 Å². The van der Waals surface area contributed by atoms with Crippen molar-refractivity contribution in [1.29, 1.82) is 0 Å². The van der Waals surface area contributed by atoms with Crippen LogP contribution in [0.25, 0.3) is 0 Å². The Morgan fingerprint density at radius 3 is 2.67 bits per heavy atom. The van der Waals surface area contributed by atoms with Gasteiger partial charge in [-0.15, -0.1) is 37.1 Å². The molecule has 1 aliphatic heterocycles. The molecular weight excluding hydrogens is 476 g/mol. The summed E-state index contributed by atoms with van der Waals surface area (Å²) in [5.41, 5.74) is 6.25. The van der Waals surface area contributed by atoms with Gasteiger partial charge in [0.25, 0.3) is 0 Å². The molecule has 0 amide bonds. The molecule has 27 heavy (non-hydrogen) atoms. The van der Waals surface area contributed by atoms with E-state index in [1.165, 1.54) is 12.1 Å². The second kappa shape index (κ2) is 12.2. The Kier molecular flexibility index (Phi) is 10.8. The zero-order valence-corrected chi connectivity index (χ0v) is 17.3. The lowest BCUT2D eigenvalue weighted by molar-refractivity contribution is -0.274. The first-order valence-corrected chi connectivity index (χ1v) is 8.61. The number of halogens is 4. The van der Waals surface area contributed by atoms with E-state index in [-0.39, 0.29) is 29.7 Å². The van der Waals surface area contributed by atoms with Crippen LogP contribution >= 0.6 is 24.0 Å². The Morgan fingerprint density at radius 2 is 1.96 bits per heavy atom. The predicted octanol–water partition coefficient (Wildman–Crippen LogP) is 2.37. The van der Waals surface area contributed by atoms with Gasteiger partial charge in [0, 0.05) is 32.7 Å². The molecule has 0 aromatic heterocycles. The number of morpholine rings is 1. The smallest absolute Gasteiger partial charge is 0.406 e. The minimum Gasteiger partial charge on any atom is -0.406 e. The van der Waals surface area contributed by atoms with E-state index < -0.39 is 6.36 Å². The number of nitrogens with zero attached hydrogens (tertiary/aromatic N) is 2. The van der Waals surface area contributed by atoms with Gasteiger partial charge in [-0.1, -0.05) is 18.2 Å². The minimum atomic E-state index is -4.70. The third-order valence-electron chi connectivity index (χ3n) is 3.92. The highest BCUT2D eigenvalue weighted by Gasteiger charge is 2.31. The molecule has 1 fully saturated rings. The largest absolute Gasteiger partial charge is 0.573 e. The van der Waals surface area contributed by atoms with Crippen LogP contribution in [0.1, 0.15) is 12.0 Å². The normalized spacial score (nSPS) is 15.9. The van der Waals surface area contributed by atoms with E-state index in [1.54, 1.807) is 12.1 Å². The molecule has 0 unspecified atom stereocenters. The summed E-state index contributed by atoms with van der Waals surface area (Å²) in [6, 6.07) is 6.06. The second-order valence-electron chi connectivity index (χ2n) is 5.91. The van der Waals surface area contributed by atoms with Crippen LogP contribution in [0.2, 0.25) is 0 Å². The molecule has 0 atom stereocenters. The molecule has 1 aromatic carbocycles. The maximum Gasteiger partial charge on any atom is 0.573 e. The van der Waals surface area contributed by atoms with Crippen molar-refractivity contribution in [2.24, 2.45) is 10.7 Å². The van der Waals surface area contributed by atoms with E-state index in [1.807, 2.05) is 0 Å². The lowest BCUT2D eigenvalue weighted by atomic mass is 10.1. The molecule has 2 rings (SSSR count). The molecular formula is C17H26F3IN4O2. The topological polar surface area (TPSA) is 72.1 Å². The van der Waals surface area contributed by atoms with Crippen molar-refractivity contribution in [2.75, 3.05) is 45.9 Å². The number of nitrogens with one attached hydrogen (secondary N) is 1. The van der Waals surface area contributed by atoms with Crippen LogP contribution in [-0.2, 0) is 11.2 Å². The number of benzene rings is 1. The van der Waals surface area contributed by atoms with Gasteiger partial charge in [-0.25, -0.2) is 0 Å². The van der Waals surface area contributed by atoms with Gasteiger partial charge in [-0.3, -0.25) is 9.89 Å². The second-order valence-corrected chi connectivity index (χ2v) is 5.91. The first-order valence-electron chi connectivity index (χ1n) is 8.61. The molecule has 154 valence electrons. The molecule has 1 saturated heterocycles. The summed E-state index contributed by atoms with van der Waals surface area (Å²) >= 11 is 0. The zero-order valence-electron chi connectivity index (χ0n) is 15.0. The molecule has 3 N–H and O–H groups in total. The summed E-state index contributed by atoms with van der Waals surface area (Å²) in [7, 11) is 0. The van der Waals surface area contributed by atoms with E-state index in [2.05, 4.69) is 19.9 Å². The van der Waals surface area contributed by atoms with Crippen molar-refractivity contribution >= 4 is 29.9 Å². The Balaban J connectivity index is 0.00000364. The van der Waals surface area contributed by atoms with Crippen molar-refractivity contribution in [3.8, 4) is 5.75 Å². The molecule has 1 heterocycles. The number of para-hydroxylation sites is 1. The number of nitrogens with two attached hydrogens (primary N) is 1. The van der Waals surface area contributed by atoms with E-state index in [9.17, 15) is 13.2 Å². The summed E-state index contributed by atoms with van der Waals surface area (Å²) in [6.07, 6.45) is -3.47. The monoisotopic (exact) mass is 502 g/mol. The molecule has 10 heteroatoms. The third kappa shape index (κ3) is 10.0. The minimum absolute atomic E-state index is 0. The summed E-state index contributed by atoms with van der Waals surface area (Å²) in [5, 5.41) is 2.92. The van der Waals surface area contributed by atoms with Crippen LogP contribution in [0.5, 0.6) is 5.75 Å². The summed E-state index contributed by atoms with van der Waals surface area (Å²) in [6.45, 7) is 5.34. The van der Waals surface area contributed by atoms with Crippen LogP contribution < -0.4 is 15.8 Å². The fourth-order valence-electron chi connectivity index (χ4n) is 2.63. The molecule has 1 aromatic rings. The van der Waals surface area contributed by atoms with E-state index in [4.69, 9.17) is 10.5 Å². The van der Waals surface area contributed by atoms with Crippen LogP contribution in [0, 0.1) is 0 Å². The van der Waals surface area contributed by atoms with Crippen molar-refractivity contribution in [1.82, 2.24) is 10.2 Å². The van der Waals surface area contributed by atoms with Gasteiger partial charge in [-0.05, 0) is 24.5 Å². The molecule has 0 aliphatic carbocycles. The highest BCUT2D eigenvalue weighted by molar-refractivity contribution is 14.0. The SMILES string of the molecule is I.NC(=NCCCN1CCOCC1)NCCc1ccccc1OC(F)(F)F. The summed E-state index contributed by atoms with van der Waals surface area (Å²) < 4.78 is 46.5. The highest BCUT2D eigenvalue weighted by Crippen LogP contribution is 2.26. The third-order valence-corrected chi connectivity index (χ3v) is 3.92. The number of rotatable bonds is 8. The van der Waals surface area contributed by atoms with Gasteiger partial charge < -0.3 is 20.5 Å². The maximum absolute atomic E-state index is 12.4. The van der Waals surface area contributed by atoms with Gasteiger partial charge in [0.2, 0.25) is 0 Å². The lowest BCUT2D eigenvalue weighted by Gasteiger charge is -2.26. The first kappa shape index (κ1) is 23.8. The molecule has 1 aliphatic rings. The van der Waals surface area contributed by atoms with Crippen molar-refractivity contribution in [3.63, 3.8) is 0 Å². The van der Waals surface area contributed by atoms with Gasteiger partial charge in [0.1, 0.15) is 5.75 Å². The molecule has 0 spiro atoms. The lowest BCUT2D eigenvalue weighted by Crippen LogP contribution is -2.37. The van der Waals surface area contributed by atoms with E-state index in [0.717, 1.165) is 39.3 Å². The molecule has 6 nitrogen and oxygen atoms in total. The van der Waals surface area contributed by atoms with Crippen LogP contribution in [0.4, 0.5) is 13.2 Å². The van der Waals surface area contributed by atoms with Crippen LogP contribution in [0.3, 0.4) is 0 Å². The number of hydrogen-bond donors (Lipinski definition) is 2. The quantitative estimate of drug-likeness (QED) is 0.247. The Bertz CT molecular complexity index is 582. The van der Waals surface area contributed by atoms with Gasteiger partial charge >= 0.3 is 6.36 Å². The summed E-state index contributed by atoms with van der Waals surface area (Å²) in [4.78, 5) is 6.56. The van der Waals surface area contributed by atoms with E-state index >= 15 is 0 Å². The van der Waals surface area contributed by atoms with Crippen LogP contribution in [-0.4, -0.2) is 63.2 Å². The fraction of sp³-hybridized carbons (Fsp3) is 0.588. The van der Waals surface area contributed by atoms with Crippen LogP contribution in [0.15, 0.2) is 29.3 Å². The number of alkyl halides is 3. The first-order chi connectivity index (χ1) is 12.4. The van der Waals surface area contributed by atoms with Crippen molar-refractivity contribution < 1.29 is 22.6 Å². The van der Waals surface area contributed by atoms with Gasteiger partial charge in [-0.2, -0.15) is 0 Å². The maximum atomic E-state index is 12.4. The highest BCUT2D eigenvalue weighted by atomic mass is 127. The Morgan fingerprint density at radius 1 is 1.26 bits per heavy atom. The number of aliphatic imine (C=N–C) groups is 1. The number of hydrogen-bond acceptors (Lipinski definition) is 4. The Labute approximate surface area is 174 Å². The zero-order chi connectivity index (χ0) is 18.8. The molecule has 0 bridgehead atoms. The standard InChI is InChI=1S/C17H25F3N4O2.HI/c18-17(19,20)26-15-5-2-1-4-14(15)6-8-23-16(21)22-7-3-9-24-10-12-25-13-11-24;/h1-2,4-5H,3,6-13H2,(H3,21,22,23);1H. The molecule has 0 saturated carbocycles. The summed E-state index contributed by atoms with van der Waals surface area (Å²) in [5.74, 6) is 0.101. The predicted molar refractivity (Wildman–Crippen MR) is 109 cm³/mol. The molecule has 0 radical (unpaired) electrons. The van der Waals surface area contributed by atoms with Crippen molar-refractivity contribution in [3.05, 3.63) is 29.8 Å². The van der Waals surface area contributed by atoms with Gasteiger partial charge in [0.05, 0.1) is 13.2 Å². The average molecular weight is 502 g/mol. The van der Waals surface area contributed by atoms with E-state index in [0.29, 0.717) is 31.0 Å². The average Bonchev–Trinajstić information content (AvgIpc) is 2.60. The van der Waals surface area contributed by atoms with Crippen molar-refractivity contribution in [2.45, 2.75) is 19.2 Å². The Hall–Kier alpha value is -1.27. The number of guanidine groups is 1.